The predicted molar refractivity (Wildman–Crippen MR) is 56.8 cm³/mol. The summed E-state index contributed by atoms with van der Waals surface area (Å²) in [4.78, 5) is 4.01. The van der Waals surface area contributed by atoms with Crippen molar-refractivity contribution in [1.82, 2.24) is 4.98 Å². The maximum Gasteiger partial charge on any atom is 0.129 e. The second kappa shape index (κ2) is 3.19. The molecule has 0 unspecified atom stereocenters. The van der Waals surface area contributed by atoms with Crippen LogP contribution >= 0.6 is 11.6 Å². The third-order valence-electron chi connectivity index (χ3n) is 1.95. The number of aromatic nitrogens is 1. The van der Waals surface area contributed by atoms with E-state index < -0.39 is 0 Å². The van der Waals surface area contributed by atoms with Crippen LogP contribution < -0.4 is 0 Å². The number of nitrogens with zero attached hydrogens (tertiary/aromatic N) is 1. The molecule has 64 valence electrons. The van der Waals surface area contributed by atoms with Gasteiger partial charge in [-0.05, 0) is 23.1 Å². The highest BCUT2D eigenvalue weighted by Gasteiger charge is 1.95. The smallest absolute Gasteiger partial charge is 0.129 e. The van der Waals surface area contributed by atoms with Gasteiger partial charge in [-0.25, -0.2) is 4.98 Å². The Morgan fingerprint density at radius 3 is 2.85 bits per heavy atom. The first-order valence-electron chi connectivity index (χ1n) is 3.97. The Labute approximate surface area is 81.7 Å². The van der Waals surface area contributed by atoms with Crippen molar-refractivity contribution < 1.29 is 0 Å². The zero-order valence-corrected chi connectivity index (χ0v) is 7.75. The van der Waals surface area contributed by atoms with Crippen molar-refractivity contribution in [3.05, 3.63) is 47.8 Å². The molecule has 1 heterocycles. The molecule has 0 spiro atoms. The summed E-state index contributed by atoms with van der Waals surface area (Å²) < 4.78 is 0. The van der Waals surface area contributed by atoms with Gasteiger partial charge < -0.3 is 0 Å². The first kappa shape index (κ1) is 8.27. The fourth-order valence-corrected chi connectivity index (χ4v) is 1.43. The molecule has 0 radical (unpaired) electrons. The second-order valence-electron chi connectivity index (χ2n) is 2.82. The van der Waals surface area contributed by atoms with Gasteiger partial charge in [0.15, 0.2) is 0 Å². The number of fused-ring (bicyclic) bond motifs is 1. The van der Waals surface area contributed by atoms with Gasteiger partial charge in [-0.1, -0.05) is 36.4 Å². The van der Waals surface area contributed by atoms with Gasteiger partial charge in [-0.3, -0.25) is 0 Å². The van der Waals surface area contributed by atoms with Gasteiger partial charge in [0.25, 0.3) is 0 Å². The third kappa shape index (κ3) is 1.56. The minimum Gasteiger partial charge on any atom is -0.244 e. The zero-order chi connectivity index (χ0) is 9.26. The average Bonchev–Trinajstić information content (AvgIpc) is 2.17. The maximum atomic E-state index is 5.76. The van der Waals surface area contributed by atoms with Crippen molar-refractivity contribution in [3.8, 4) is 0 Å². The highest BCUT2D eigenvalue weighted by molar-refractivity contribution is 6.30. The third-order valence-corrected chi connectivity index (χ3v) is 2.15. The molecule has 0 bridgehead atoms. The topological polar surface area (TPSA) is 12.9 Å². The Kier molecular flexibility index (Phi) is 2.03. The lowest BCUT2D eigenvalue weighted by molar-refractivity contribution is 1.36. The van der Waals surface area contributed by atoms with Crippen LogP contribution in [0.5, 0.6) is 0 Å². The van der Waals surface area contributed by atoms with Gasteiger partial charge in [-0.15, -0.1) is 0 Å². The number of hydrogen-bond donors (Lipinski definition) is 0. The number of pyridine rings is 1. The minimum atomic E-state index is 0.527. The molecule has 0 fully saturated rings. The van der Waals surface area contributed by atoms with Crippen molar-refractivity contribution in [1.29, 1.82) is 0 Å². The molecule has 2 rings (SSSR count). The molecule has 0 aliphatic rings. The van der Waals surface area contributed by atoms with Crippen LogP contribution in [0.1, 0.15) is 5.56 Å². The summed E-state index contributed by atoms with van der Waals surface area (Å²) in [6.45, 7) is 3.71. The SMILES string of the molecule is C=Cc1ccc2cc(Cl)ncc2c1. The molecular formula is C11H8ClN. The van der Waals surface area contributed by atoms with E-state index in [0.717, 1.165) is 16.3 Å². The standard InChI is InChI=1S/C11H8ClN/c1-2-8-3-4-9-6-11(12)13-7-10(9)5-8/h2-7H,1H2. The molecule has 0 saturated heterocycles. The minimum absolute atomic E-state index is 0.527. The normalized spacial score (nSPS) is 10.2. The molecule has 1 nitrogen and oxygen atoms in total. The van der Waals surface area contributed by atoms with Gasteiger partial charge in [0.2, 0.25) is 0 Å². The van der Waals surface area contributed by atoms with E-state index >= 15 is 0 Å². The first-order chi connectivity index (χ1) is 6.29. The first-order valence-corrected chi connectivity index (χ1v) is 4.35. The van der Waals surface area contributed by atoms with Crippen molar-refractivity contribution in [2.24, 2.45) is 0 Å². The molecule has 1 aromatic heterocycles. The Bertz CT molecular complexity index is 463. The van der Waals surface area contributed by atoms with Crippen molar-refractivity contribution in [2.75, 3.05) is 0 Å². The lowest BCUT2D eigenvalue weighted by atomic mass is 10.1. The van der Waals surface area contributed by atoms with Gasteiger partial charge in [0, 0.05) is 11.6 Å². The highest BCUT2D eigenvalue weighted by atomic mass is 35.5. The number of rotatable bonds is 1. The molecule has 0 saturated carbocycles. The average molecular weight is 190 g/mol. The van der Waals surface area contributed by atoms with Gasteiger partial charge in [-0.2, -0.15) is 0 Å². The molecule has 0 aliphatic carbocycles. The van der Waals surface area contributed by atoms with Crippen LogP contribution in [-0.4, -0.2) is 4.98 Å². The molecule has 13 heavy (non-hydrogen) atoms. The van der Waals surface area contributed by atoms with Gasteiger partial charge >= 0.3 is 0 Å². The molecule has 2 aromatic rings. The second-order valence-corrected chi connectivity index (χ2v) is 3.20. The lowest BCUT2D eigenvalue weighted by Crippen LogP contribution is -1.78. The quantitative estimate of drug-likeness (QED) is 0.626. The van der Waals surface area contributed by atoms with Gasteiger partial charge in [0.05, 0.1) is 0 Å². The van der Waals surface area contributed by atoms with E-state index in [1.165, 1.54) is 0 Å². The lowest BCUT2D eigenvalue weighted by Gasteiger charge is -1.98. The van der Waals surface area contributed by atoms with Crippen LogP contribution in [-0.2, 0) is 0 Å². The summed E-state index contributed by atoms with van der Waals surface area (Å²) in [6, 6.07) is 7.90. The number of halogens is 1. The van der Waals surface area contributed by atoms with Crippen molar-refractivity contribution in [2.45, 2.75) is 0 Å². The fraction of sp³-hybridized carbons (Fsp3) is 0. The van der Waals surface area contributed by atoms with Crippen molar-refractivity contribution >= 4 is 28.4 Å². The van der Waals surface area contributed by atoms with E-state index in [-0.39, 0.29) is 0 Å². The van der Waals surface area contributed by atoms with E-state index in [4.69, 9.17) is 11.6 Å². The predicted octanol–water partition coefficient (Wildman–Crippen LogP) is 3.53. The Hall–Kier alpha value is -1.34. The van der Waals surface area contributed by atoms with E-state index in [1.54, 1.807) is 6.20 Å². The molecule has 0 N–H and O–H groups in total. The number of hydrogen-bond acceptors (Lipinski definition) is 1. The summed E-state index contributed by atoms with van der Waals surface area (Å²) in [7, 11) is 0. The van der Waals surface area contributed by atoms with Crippen LogP contribution in [0.2, 0.25) is 5.15 Å². The molecular weight excluding hydrogens is 182 g/mol. The molecule has 0 amide bonds. The fourth-order valence-electron chi connectivity index (χ4n) is 1.26. The number of benzene rings is 1. The molecule has 1 aromatic carbocycles. The monoisotopic (exact) mass is 189 g/mol. The van der Waals surface area contributed by atoms with Crippen LogP contribution in [0.4, 0.5) is 0 Å². The molecule has 0 aliphatic heterocycles. The Balaban J connectivity index is 2.73. The summed E-state index contributed by atoms with van der Waals surface area (Å²) in [5.41, 5.74) is 1.09. The summed E-state index contributed by atoms with van der Waals surface area (Å²) in [6.07, 6.45) is 3.58. The van der Waals surface area contributed by atoms with Gasteiger partial charge in [0.1, 0.15) is 5.15 Å². The summed E-state index contributed by atoms with van der Waals surface area (Å²) >= 11 is 5.76. The molecule has 0 atom stereocenters. The maximum absolute atomic E-state index is 5.76. The van der Waals surface area contributed by atoms with Crippen LogP contribution in [0.25, 0.3) is 16.8 Å². The van der Waals surface area contributed by atoms with Crippen LogP contribution in [0.3, 0.4) is 0 Å². The molecule has 2 heteroatoms. The van der Waals surface area contributed by atoms with Crippen molar-refractivity contribution in [3.63, 3.8) is 0 Å². The Morgan fingerprint density at radius 1 is 1.23 bits per heavy atom. The van der Waals surface area contributed by atoms with Crippen LogP contribution in [0.15, 0.2) is 37.0 Å². The summed E-state index contributed by atoms with van der Waals surface area (Å²) in [5.74, 6) is 0. The largest absolute Gasteiger partial charge is 0.244 e. The summed E-state index contributed by atoms with van der Waals surface area (Å²) in [5, 5.41) is 2.71. The highest BCUT2D eigenvalue weighted by Crippen LogP contribution is 2.18. The van der Waals surface area contributed by atoms with E-state index in [1.807, 2.05) is 30.3 Å². The van der Waals surface area contributed by atoms with E-state index in [0.29, 0.717) is 5.15 Å². The van der Waals surface area contributed by atoms with E-state index in [2.05, 4.69) is 11.6 Å². The Morgan fingerprint density at radius 2 is 2.08 bits per heavy atom. The van der Waals surface area contributed by atoms with E-state index in [9.17, 15) is 0 Å². The zero-order valence-electron chi connectivity index (χ0n) is 7.00. The van der Waals surface area contributed by atoms with Crippen LogP contribution in [0, 0.1) is 0 Å².